The second-order valence-corrected chi connectivity index (χ2v) is 1.63. The highest BCUT2D eigenvalue weighted by Crippen LogP contribution is 1.74. The molecule has 58 valence electrons. The van der Waals surface area contributed by atoms with Crippen molar-refractivity contribution in [1.82, 2.24) is 10.9 Å². The average Bonchev–Trinajstić information content (AvgIpc) is 1.88. The van der Waals surface area contributed by atoms with Crippen LogP contribution in [-0.2, 0) is 4.79 Å². The molecule has 0 heterocycles. The van der Waals surface area contributed by atoms with Crippen molar-refractivity contribution in [2.24, 2.45) is 10.9 Å². The van der Waals surface area contributed by atoms with E-state index in [2.05, 4.69) is 16.0 Å². The van der Waals surface area contributed by atoms with E-state index in [-0.39, 0.29) is 0 Å². The van der Waals surface area contributed by atoms with Crippen LogP contribution < -0.4 is 16.7 Å². The average molecular weight is 146 g/mol. The van der Waals surface area contributed by atoms with Gasteiger partial charge in [0.2, 0.25) is 0 Å². The number of carboxylic acid groups (broad SMARTS) is 1. The van der Waals surface area contributed by atoms with Crippen molar-refractivity contribution in [2.45, 2.75) is 13.0 Å². The van der Waals surface area contributed by atoms with Crippen LogP contribution in [0.3, 0.4) is 0 Å². The van der Waals surface area contributed by atoms with Crippen molar-refractivity contribution in [2.75, 3.05) is 0 Å². The molecule has 0 fully saturated rings. The lowest BCUT2D eigenvalue weighted by Crippen LogP contribution is -2.42. The topological polar surface area (TPSA) is 99.7 Å². The first-order chi connectivity index (χ1) is 4.68. The lowest BCUT2D eigenvalue weighted by Gasteiger charge is -2.06. The van der Waals surface area contributed by atoms with Crippen molar-refractivity contribution >= 4 is 12.3 Å². The third-order valence-corrected chi connectivity index (χ3v) is 0.809. The quantitative estimate of drug-likeness (QED) is 0.167. The van der Waals surface area contributed by atoms with Gasteiger partial charge in [-0.2, -0.15) is 5.10 Å². The summed E-state index contributed by atoms with van der Waals surface area (Å²) in [6.45, 7) is 1.49. The zero-order valence-electron chi connectivity index (χ0n) is 5.53. The third kappa shape index (κ3) is 3.67. The van der Waals surface area contributed by atoms with E-state index in [0.717, 1.165) is 6.34 Å². The Morgan fingerprint density at radius 2 is 2.50 bits per heavy atom. The Labute approximate surface area is 58.1 Å². The molecular formula is C4H10N4O2. The fourth-order valence-corrected chi connectivity index (χ4v) is 0.261. The number of aliphatic carboxylic acids is 1. The van der Waals surface area contributed by atoms with E-state index in [0.29, 0.717) is 0 Å². The molecule has 0 aliphatic rings. The fraction of sp³-hybridized carbons (Fsp3) is 0.500. The maximum Gasteiger partial charge on any atom is 0.322 e. The Bertz CT molecular complexity index is 135. The number of nitrogens with one attached hydrogen (secondary N) is 2. The molecule has 0 aromatic carbocycles. The first kappa shape index (κ1) is 8.70. The van der Waals surface area contributed by atoms with Gasteiger partial charge in [0.1, 0.15) is 12.4 Å². The highest BCUT2D eigenvalue weighted by atomic mass is 16.4. The van der Waals surface area contributed by atoms with Gasteiger partial charge >= 0.3 is 5.97 Å². The summed E-state index contributed by atoms with van der Waals surface area (Å²) in [4.78, 5) is 10.1. The van der Waals surface area contributed by atoms with Gasteiger partial charge in [0, 0.05) is 0 Å². The van der Waals surface area contributed by atoms with E-state index in [9.17, 15) is 4.79 Å². The molecule has 5 N–H and O–H groups in total. The number of carboxylic acids is 1. The van der Waals surface area contributed by atoms with Crippen molar-refractivity contribution in [3.8, 4) is 0 Å². The molecule has 0 saturated heterocycles. The van der Waals surface area contributed by atoms with Crippen LogP contribution in [0.1, 0.15) is 6.92 Å². The minimum Gasteiger partial charge on any atom is -0.480 e. The smallest absolute Gasteiger partial charge is 0.322 e. The summed E-state index contributed by atoms with van der Waals surface area (Å²) in [5, 5.41) is 11.4. The summed E-state index contributed by atoms with van der Waals surface area (Å²) < 4.78 is 0. The first-order valence-corrected chi connectivity index (χ1v) is 2.64. The molecule has 1 atom stereocenters. The number of hydrazone groups is 1. The lowest BCUT2D eigenvalue weighted by atomic mass is 10.4. The molecule has 10 heavy (non-hydrogen) atoms. The van der Waals surface area contributed by atoms with Crippen molar-refractivity contribution in [3.63, 3.8) is 0 Å². The molecule has 0 rings (SSSR count). The van der Waals surface area contributed by atoms with Gasteiger partial charge in [0.25, 0.3) is 0 Å². The van der Waals surface area contributed by atoms with Gasteiger partial charge in [-0.3, -0.25) is 4.79 Å². The van der Waals surface area contributed by atoms with Crippen LogP contribution in [0.2, 0.25) is 0 Å². The summed E-state index contributed by atoms with van der Waals surface area (Å²) in [6.07, 6.45) is 1.15. The van der Waals surface area contributed by atoms with Crippen LogP contribution in [0, 0.1) is 0 Å². The number of nitrogens with two attached hydrogens (primary N) is 1. The predicted molar refractivity (Wildman–Crippen MR) is 36.0 cm³/mol. The Balaban J connectivity index is 3.39. The molecular weight excluding hydrogens is 136 g/mol. The SMILES string of the molecule is C[C@H](NNC=NN)C(=O)O. The summed E-state index contributed by atoms with van der Waals surface area (Å²) >= 11 is 0. The first-order valence-electron chi connectivity index (χ1n) is 2.64. The monoisotopic (exact) mass is 146 g/mol. The molecule has 0 aromatic heterocycles. The minimum atomic E-state index is -0.946. The van der Waals surface area contributed by atoms with Crippen molar-refractivity contribution in [3.05, 3.63) is 0 Å². The molecule has 0 bridgehead atoms. The van der Waals surface area contributed by atoms with Gasteiger partial charge in [-0.25, -0.2) is 5.43 Å². The Morgan fingerprint density at radius 1 is 1.90 bits per heavy atom. The lowest BCUT2D eigenvalue weighted by molar-refractivity contribution is -0.139. The van der Waals surface area contributed by atoms with Gasteiger partial charge in [0.15, 0.2) is 0 Å². The Kier molecular flexibility index (Phi) is 3.97. The van der Waals surface area contributed by atoms with E-state index >= 15 is 0 Å². The van der Waals surface area contributed by atoms with Crippen LogP contribution in [0.4, 0.5) is 0 Å². The van der Waals surface area contributed by atoms with Crippen LogP contribution in [0.15, 0.2) is 5.10 Å². The van der Waals surface area contributed by atoms with Gasteiger partial charge in [-0.1, -0.05) is 0 Å². The normalized spacial score (nSPS) is 13.3. The number of rotatable bonds is 4. The van der Waals surface area contributed by atoms with Gasteiger partial charge in [-0.05, 0) is 6.92 Å². The van der Waals surface area contributed by atoms with Crippen molar-refractivity contribution < 1.29 is 9.90 Å². The van der Waals surface area contributed by atoms with Crippen LogP contribution in [0.5, 0.6) is 0 Å². The largest absolute Gasteiger partial charge is 0.480 e. The number of hydrazine groups is 1. The molecule has 0 unspecified atom stereocenters. The highest BCUT2D eigenvalue weighted by Gasteiger charge is 2.07. The van der Waals surface area contributed by atoms with Gasteiger partial charge in [-0.15, -0.1) is 0 Å². The van der Waals surface area contributed by atoms with E-state index in [4.69, 9.17) is 10.9 Å². The Morgan fingerprint density at radius 3 is 2.90 bits per heavy atom. The zero-order valence-corrected chi connectivity index (χ0v) is 5.53. The van der Waals surface area contributed by atoms with Crippen LogP contribution >= 0.6 is 0 Å². The Hall–Kier alpha value is -1.30. The number of carbonyl (C=O) groups is 1. The molecule has 0 spiro atoms. The summed E-state index contributed by atoms with van der Waals surface area (Å²) in [7, 11) is 0. The fourth-order valence-electron chi connectivity index (χ4n) is 0.261. The molecule has 0 aliphatic heterocycles. The molecule has 6 nitrogen and oxygen atoms in total. The second kappa shape index (κ2) is 4.57. The van der Waals surface area contributed by atoms with E-state index in [1.807, 2.05) is 0 Å². The van der Waals surface area contributed by atoms with Crippen LogP contribution in [0.25, 0.3) is 0 Å². The second-order valence-electron chi connectivity index (χ2n) is 1.63. The van der Waals surface area contributed by atoms with Crippen LogP contribution in [-0.4, -0.2) is 23.5 Å². The molecule has 0 aromatic rings. The van der Waals surface area contributed by atoms with Gasteiger partial charge < -0.3 is 16.4 Å². The molecule has 0 aliphatic carbocycles. The van der Waals surface area contributed by atoms with E-state index in [1.165, 1.54) is 6.92 Å². The van der Waals surface area contributed by atoms with E-state index in [1.54, 1.807) is 0 Å². The predicted octanol–water partition coefficient (Wildman–Crippen LogP) is -1.54. The van der Waals surface area contributed by atoms with Gasteiger partial charge in [0.05, 0.1) is 0 Å². The standard InChI is InChI=1S/C4H10N4O2/c1-3(4(9)10)8-7-2-6-5/h2-3,8H,5H2,1H3,(H,6,7)(H,9,10)/t3-/m0/s1. The van der Waals surface area contributed by atoms with Crippen molar-refractivity contribution in [1.29, 1.82) is 0 Å². The molecule has 0 radical (unpaired) electrons. The van der Waals surface area contributed by atoms with E-state index < -0.39 is 12.0 Å². The summed E-state index contributed by atoms with van der Waals surface area (Å²) in [6, 6.07) is -0.669. The summed E-state index contributed by atoms with van der Waals surface area (Å²) in [5.74, 6) is 3.76. The zero-order chi connectivity index (χ0) is 7.98. The summed E-state index contributed by atoms with van der Waals surface area (Å²) in [5.41, 5.74) is 4.77. The minimum absolute atomic E-state index is 0.669. The molecule has 6 heteroatoms. The number of hydrogen-bond donors (Lipinski definition) is 4. The third-order valence-electron chi connectivity index (χ3n) is 0.809. The molecule has 0 saturated carbocycles. The highest BCUT2D eigenvalue weighted by molar-refractivity contribution is 5.73. The molecule has 0 amide bonds. The maximum absolute atomic E-state index is 10.1. The number of hydrogen-bond acceptors (Lipinski definition) is 4. The number of nitrogens with zero attached hydrogens (tertiary/aromatic N) is 1. The maximum atomic E-state index is 10.1.